The van der Waals surface area contributed by atoms with Crippen molar-refractivity contribution in [2.45, 2.75) is 150 Å². The van der Waals surface area contributed by atoms with Crippen LogP contribution >= 0.6 is 0 Å². The standard InChI is InChI=1S/C34H58O2/c1-7-8-9-10-14-32(35)36-27-19-21-33(5)26(23-27)15-16-28-30-18-17-29(25(4)13-11-12-24(2)3)34(30,6)22-20-31(28)33/h15,24-25,27-31H,7-14,16-23H2,1-6H3/t25-,27+,28-,29+,30+,31+,33-,34-/m0/s1. The molecule has 0 amide bonds. The Bertz CT molecular complexity index is 767. The predicted molar refractivity (Wildman–Crippen MR) is 152 cm³/mol. The molecule has 8 atom stereocenters. The number of unbranched alkanes of at least 4 members (excludes halogenated alkanes) is 3. The summed E-state index contributed by atoms with van der Waals surface area (Å²) in [7, 11) is 0. The number of hydrogen-bond acceptors (Lipinski definition) is 2. The summed E-state index contributed by atoms with van der Waals surface area (Å²) in [6.45, 7) is 14.8. The number of carbonyl (C=O) groups excluding carboxylic acids is 1. The van der Waals surface area contributed by atoms with Gasteiger partial charge in [0.25, 0.3) is 0 Å². The van der Waals surface area contributed by atoms with E-state index in [0.717, 1.165) is 61.2 Å². The van der Waals surface area contributed by atoms with E-state index in [1.165, 1.54) is 70.6 Å². The van der Waals surface area contributed by atoms with Crippen molar-refractivity contribution >= 4 is 5.97 Å². The van der Waals surface area contributed by atoms with E-state index < -0.39 is 0 Å². The smallest absolute Gasteiger partial charge is 0.306 e. The minimum absolute atomic E-state index is 0.0435. The molecule has 0 unspecified atom stereocenters. The second-order valence-electron chi connectivity index (χ2n) is 14.5. The molecular formula is C34H58O2. The van der Waals surface area contributed by atoms with Crippen LogP contribution in [0.15, 0.2) is 11.6 Å². The van der Waals surface area contributed by atoms with Crippen LogP contribution in [0.4, 0.5) is 0 Å². The number of esters is 1. The van der Waals surface area contributed by atoms with Gasteiger partial charge in [0.2, 0.25) is 0 Å². The lowest BCUT2D eigenvalue weighted by atomic mass is 9.47. The van der Waals surface area contributed by atoms with Gasteiger partial charge in [0.15, 0.2) is 0 Å². The minimum Gasteiger partial charge on any atom is -0.462 e. The Labute approximate surface area is 223 Å². The van der Waals surface area contributed by atoms with E-state index in [1.807, 2.05) is 0 Å². The molecule has 0 aromatic heterocycles. The summed E-state index contributed by atoms with van der Waals surface area (Å²) in [4.78, 5) is 12.4. The Morgan fingerprint density at radius 3 is 2.53 bits per heavy atom. The maximum atomic E-state index is 12.4. The Balaban J connectivity index is 1.36. The highest BCUT2D eigenvalue weighted by molar-refractivity contribution is 5.69. The largest absolute Gasteiger partial charge is 0.462 e. The van der Waals surface area contributed by atoms with Crippen LogP contribution in [0.3, 0.4) is 0 Å². The summed E-state index contributed by atoms with van der Waals surface area (Å²) in [6.07, 6.45) is 22.5. The number of fused-ring (bicyclic) bond motifs is 5. The molecule has 0 N–H and O–H groups in total. The zero-order chi connectivity index (χ0) is 25.9. The van der Waals surface area contributed by atoms with Crippen molar-refractivity contribution in [3.8, 4) is 0 Å². The molecule has 4 aliphatic carbocycles. The molecule has 4 rings (SSSR count). The molecule has 0 aromatic rings. The van der Waals surface area contributed by atoms with Gasteiger partial charge in [-0.15, -0.1) is 0 Å². The van der Waals surface area contributed by atoms with Gasteiger partial charge in [0.1, 0.15) is 6.10 Å². The van der Waals surface area contributed by atoms with Gasteiger partial charge < -0.3 is 4.74 Å². The molecule has 36 heavy (non-hydrogen) atoms. The van der Waals surface area contributed by atoms with Crippen molar-refractivity contribution in [2.75, 3.05) is 0 Å². The van der Waals surface area contributed by atoms with Gasteiger partial charge in [-0.05, 0) is 97.7 Å². The van der Waals surface area contributed by atoms with Gasteiger partial charge in [0, 0.05) is 12.8 Å². The predicted octanol–water partition coefficient (Wildman–Crippen LogP) is 9.91. The number of hydrogen-bond donors (Lipinski definition) is 0. The van der Waals surface area contributed by atoms with Crippen molar-refractivity contribution in [1.29, 1.82) is 0 Å². The van der Waals surface area contributed by atoms with Crippen LogP contribution in [0.5, 0.6) is 0 Å². The maximum Gasteiger partial charge on any atom is 0.306 e. The van der Waals surface area contributed by atoms with Crippen LogP contribution < -0.4 is 0 Å². The van der Waals surface area contributed by atoms with Crippen LogP contribution in [0, 0.1) is 46.3 Å². The van der Waals surface area contributed by atoms with Gasteiger partial charge in [0.05, 0.1) is 0 Å². The Kier molecular flexibility index (Phi) is 9.36. The summed E-state index contributed by atoms with van der Waals surface area (Å²) in [5, 5.41) is 0. The SMILES string of the molecule is CCCCCCC(=O)O[C@@H]1CC[C@@]2(C)C(=CC[C@H]3[C@H]4CC[C@H]([C@@H](C)CCCC(C)C)[C@]4(C)CC[C@H]32)C1. The highest BCUT2D eigenvalue weighted by Gasteiger charge is 2.59. The number of carbonyl (C=O) groups is 1. The average molecular weight is 499 g/mol. The fraction of sp³-hybridized carbons (Fsp3) is 0.912. The minimum atomic E-state index is 0.0435. The number of rotatable bonds is 11. The second kappa shape index (κ2) is 11.9. The van der Waals surface area contributed by atoms with Crippen molar-refractivity contribution < 1.29 is 9.53 Å². The van der Waals surface area contributed by atoms with Gasteiger partial charge in [-0.2, -0.15) is 0 Å². The van der Waals surface area contributed by atoms with E-state index in [-0.39, 0.29) is 12.1 Å². The van der Waals surface area contributed by atoms with Crippen LogP contribution in [0.25, 0.3) is 0 Å². The van der Waals surface area contributed by atoms with Gasteiger partial charge in [-0.25, -0.2) is 0 Å². The molecule has 0 radical (unpaired) electrons. The third-order valence-electron chi connectivity index (χ3n) is 11.8. The summed E-state index contributed by atoms with van der Waals surface area (Å²) < 4.78 is 5.99. The van der Waals surface area contributed by atoms with E-state index in [9.17, 15) is 4.79 Å². The molecule has 3 fully saturated rings. The lowest BCUT2D eigenvalue weighted by Gasteiger charge is -2.58. The topological polar surface area (TPSA) is 26.3 Å². The maximum absolute atomic E-state index is 12.4. The summed E-state index contributed by atoms with van der Waals surface area (Å²) in [5.74, 6) is 5.34. The fourth-order valence-electron chi connectivity index (χ4n) is 9.69. The summed E-state index contributed by atoms with van der Waals surface area (Å²) in [6, 6.07) is 0. The summed E-state index contributed by atoms with van der Waals surface area (Å²) >= 11 is 0. The first-order valence-electron chi connectivity index (χ1n) is 16.1. The van der Waals surface area contributed by atoms with Gasteiger partial charge in [-0.3, -0.25) is 4.79 Å². The highest BCUT2D eigenvalue weighted by Crippen LogP contribution is 2.67. The van der Waals surface area contributed by atoms with E-state index in [1.54, 1.807) is 5.57 Å². The second-order valence-corrected chi connectivity index (χ2v) is 14.5. The Hall–Kier alpha value is -0.790. The van der Waals surface area contributed by atoms with Crippen molar-refractivity contribution in [3.63, 3.8) is 0 Å². The van der Waals surface area contributed by atoms with Crippen LogP contribution in [0.1, 0.15) is 144 Å². The quantitative estimate of drug-likeness (QED) is 0.161. The fourth-order valence-corrected chi connectivity index (χ4v) is 9.69. The molecule has 0 bridgehead atoms. The van der Waals surface area contributed by atoms with E-state index in [4.69, 9.17) is 4.74 Å². The molecule has 0 spiro atoms. The number of ether oxygens (including phenoxy) is 1. The first-order chi connectivity index (χ1) is 17.2. The van der Waals surface area contributed by atoms with Crippen molar-refractivity contribution in [3.05, 3.63) is 11.6 Å². The van der Waals surface area contributed by atoms with Gasteiger partial charge in [-0.1, -0.05) is 91.7 Å². The normalized spacial score (nSPS) is 38.6. The van der Waals surface area contributed by atoms with E-state index in [0.29, 0.717) is 17.3 Å². The highest BCUT2D eigenvalue weighted by atomic mass is 16.5. The van der Waals surface area contributed by atoms with Crippen molar-refractivity contribution in [2.24, 2.45) is 46.3 Å². The Morgan fingerprint density at radius 1 is 0.972 bits per heavy atom. The zero-order valence-electron chi connectivity index (χ0n) is 24.7. The first kappa shape index (κ1) is 28.2. The molecule has 2 heteroatoms. The summed E-state index contributed by atoms with van der Waals surface area (Å²) in [5.41, 5.74) is 2.54. The molecule has 2 nitrogen and oxygen atoms in total. The molecule has 206 valence electrons. The molecule has 0 aromatic carbocycles. The van der Waals surface area contributed by atoms with Crippen LogP contribution in [-0.2, 0) is 9.53 Å². The van der Waals surface area contributed by atoms with Crippen LogP contribution in [0.2, 0.25) is 0 Å². The number of allylic oxidation sites excluding steroid dienone is 1. The lowest BCUT2D eigenvalue weighted by Crippen LogP contribution is -2.51. The third kappa shape index (κ3) is 5.78. The average Bonchev–Trinajstić information content (AvgIpc) is 3.19. The zero-order valence-corrected chi connectivity index (χ0v) is 24.7. The molecule has 0 saturated heterocycles. The van der Waals surface area contributed by atoms with Gasteiger partial charge >= 0.3 is 5.97 Å². The molecular weight excluding hydrogens is 440 g/mol. The van der Waals surface area contributed by atoms with Crippen LogP contribution in [-0.4, -0.2) is 12.1 Å². The van der Waals surface area contributed by atoms with E-state index in [2.05, 4.69) is 47.6 Å². The molecule has 3 saturated carbocycles. The third-order valence-corrected chi connectivity index (χ3v) is 11.8. The van der Waals surface area contributed by atoms with Crippen molar-refractivity contribution in [1.82, 2.24) is 0 Å². The Morgan fingerprint density at radius 2 is 1.78 bits per heavy atom. The molecule has 0 heterocycles. The lowest BCUT2D eigenvalue weighted by molar-refractivity contribution is -0.151. The molecule has 4 aliphatic rings. The van der Waals surface area contributed by atoms with E-state index >= 15 is 0 Å². The first-order valence-corrected chi connectivity index (χ1v) is 16.1. The molecule has 0 aliphatic heterocycles. The monoisotopic (exact) mass is 498 g/mol.